The maximum Gasteiger partial charge on any atom is 0.472 e. The predicted molar refractivity (Wildman–Crippen MR) is 317 cm³/mol. The minimum absolute atomic E-state index is 0.103. The van der Waals surface area contributed by atoms with Crippen LogP contribution in [0.2, 0.25) is 0 Å². The highest BCUT2D eigenvalue weighted by Crippen LogP contribution is 2.45. The third kappa shape index (κ3) is 55.3. The van der Waals surface area contributed by atoms with E-state index >= 15 is 0 Å². The number of phosphoric ester groups is 2. The number of aliphatic hydroxyl groups excluding tert-OH is 1. The Balaban J connectivity index is 5.14. The van der Waals surface area contributed by atoms with Crippen LogP contribution in [0, 0.1) is 11.8 Å². The summed E-state index contributed by atoms with van der Waals surface area (Å²) in [6, 6.07) is 0. The number of esters is 4. The minimum Gasteiger partial charge on any atom is -0.462 e. The fraction of sp³-hybridized carbons (Fsp3) is 0.934. The molecule has 0 bridgehead atoms. The van der Waals surface area contributed by atoms with Gasteiger partial charge in [-0.05, 0) is 37.5 Å². The summed E-state index contributed by atoms with van der Waals surface area (Å²) in [5, 5.41) is 10.5. The Labute approximate surface area is 486 Å². The van der Waals surface area contributed by atoms with E-state index in [0.717, 1.165) is 128 Å². The summed E-state index contributed by atoms with van der Waals surface area (Å²) >= 11 is 0. The van der Waals surface area contributed by atoms with E-state index in [1.807, 2.05) is 0 Å². The molecule has 5 atom stereocenters. The topological polar surface area (TPSA) is 237 Å². The van der Waals surface area contributed by atoms with E-state index in [-0.39, 0.29) is 25.7 Å². The fourth-order valence-electron chi connectivity index (χ4n) is 9.00. The van der Waals surface area contributed by atoms with Crippen molar-refractivity contribution in [3.63, 3.8) is 0 Å². The van der Waals surface area contributed by atoms with Crippen molar-refractivity contribution in [2.45, 2.75) is 317 Å². The average Bonchev–Trinajstić information content (AvgIpc) is 3.41. The van der Waals surface area contributed by atoms with E-state index in [1.54, 1.807) is 0 Å². The summed E-state index contributed by atoms with van der Waals surface area (Å²) in [6.07, 6.45) is 35.3. The van der Waals surface area contributed by atoms with E-state index in [1.165, 1.54) is 83.5 Å². The SMILES string of the molecule is CCCCCCCCCC(=O)OC[C@H](COP(=O)(O)OC[C@H](O)COP(=O)(O)OC[C@@H](COC(=O)CCCCCCCCC(C)C)OC(=O)CCCCCCCCCCCCCCCCC(C)C)OC(=O)CCCCCCCCC. The third-order valence-electron chi connectivity index (χ3n) is 14.0. The Morgan fingerprint density at radius 1 is 0.338 bits per heavy atom. The average molecular weight is 1190 g/mol. The van der Waals surface area contributed by atoms with Crippen LogP contribution in [0.15, 0.2) is 0 Å². The van der Waals surface area contributed by atoms with Crippen molar-refractivity contribution < 1.29 is 80.2 Å². The first-order valence-electron chi connectivity index (χ1n) is 32.0. The Kier molecular flexibility index (Phi) is 52.5. The van der Waals surface area contributed by atoms with Gasteiger partial charge in [0, 0.05) is 25.7 Å². The Hall–Kier alpha value is -1.94. The number of rotatable bonds is 60. The smallest absolute Gasteiger partial charge is 0.462 e. The Morgan fingerprint density at radius 2 is 0.575 bits per heavy atom. The molecule has 0 aliphatic rings. The molecule has 0 aliphatic carbocycles. The van der Waals surface area contributed by atoms with Crippen LogP contribution in [0.25, 0.3) is 0 Å². The standard InChI is InChI=1S/C61H118O17P2/c1-7-9-11-13-23-31-37-43-58(63)71-49-56(77-60(65)45-39-33-24-14-12-10-8-2)51-75-79(67,68)73-47-55(62)48-74-80(69,70)76-52-57(50-72-59(64)44-38-32-28-27-30-36-42-54(5)6)78-61(66)46-40-34-26-22-20-18-16-15-17-19-21-25-29-35-41-53(3)4/h53-57,62H,7-52H2,1-6H3,(H,67,68)(H,69,70)/t55-,56+,57+/m0/s1. The molecule has 0 amide bonds. The second kappa shape index (κ2) is 53.8. The van der Waals surface area contributed by atoms with Crippen molar-refractivity contribution in [2.24, 2.45) is 11.8 Å². The first-order valence-corrected chi connectivity index (χ1v) is 35.0. The summed E-state index contributed by atoms with van der Waals surface area (Å²) in [6.45, 7) is 9.33. The number of phosphoric acid groups is 2. The number of carbonyl (C=O) groups excluding carboxylic acids is 4. The molecule has 19 heteroatoms. The van der Waals surface area contributed by atoms with Crippen molar-refractivity contribution in [2.75, 3.05) is 39.6 Å². The number of aliphatic hydroxyl groups is 1. The largest absolute Gasteiger partial charge is 0.472 e. The van der Waals surface area contributed by atoms with Crippen molar-refractivity contribution in [3.05, 3.63) is 0 Å². The van der Waals surface area contributed by atoms with E-state index < -0.39 is 97.5 Å². The maximum absolute atomic E-state index is 12.9. The highest BCUT2D eigenvalue weighted by atomic mass is 31.2. The van der Waals surface area contributed by atoms with E-state index in [2.05, 4.69) is 41.5 Å². The first-order chi connectivity index (χ1) is 38.4. The molecule has 0 heterocycles. The van der Waals surface area contributed by atoms with Crippen LogP contribution < -0.4 is 0 Å². The van der Waals surface area contributed by atoms with Gasteiger partial charge in [-0.1, -0.05) is 247 Å². The molecule has 0 aliphatic heterocycles. The van der Waals surface area contributed by atoms with Gasteiger partial charge < -0.3 is 33.8 Å². The molecule has 0 spiro atoms. The Morgan fingerprint density at radius 3 is 0.850 bits per heavy atom. The molecule has 17 nitrogen and oxygen atoms in total. The van der Waals surface area contributed by atoms with Gasteiger partial charge >= 0.3 is 39.5 Å². The second-order valence-corrected chi connectivity index (χ2v) is 25.9. The van der Waals surface area contributed by atoms with Crippen LogP contribution in [0.1, 0.15) is 298 Å². The number of hydrogen-bond donors (Lipinski definition) is 3. The fourth-order valence-corrected chi connectivity index (χ4v) is 10.6. The van der Waals surface area contributed by atoms with Gasteiger partial charge in [-0.15, -0.1) is 0 Å². The molecule has 0 radical (unpaired) electrons. The van der Waals surface area contributed by atoms with E-state index in [4.69, 9.17) is 37.0 Å². The van der Waals surface area contributed by atoms with Gasteiger partial charge in [0.15, 0.2) is 12.2 Å². The third-order valence-corrected chi connectivity index (χ3v) is 15.9. The van der Waals surface area contributed by atoms with E-state index in [9.17, 15) is 43.2 Å². The quantitative estimate of drug-likeness (QED) is 0.0222. The van der Waals surface area contributed by atoms with Crippen LogP contribution in [0.5, 0.6) is 0 Å². The molecule has 0 saturated carbocycles. The van der Waals surface area contributed by atoms with Gasteiger partial charge in [-0.25, -0.2) is 9.13 Å². The monoisotopic (exact) mass is 1180 g/mol. The van der Waals surface area contributed by atoms with Crippen LogP contribution in [0.4, 0.5) is 0 Å². The summed E-state index contributed by atoms with van der Waals surface area (Å²) in [7, 11) is -9.87. The molecule has 0 aromatic rings. The lowest BCUT2D eigenvalue weighted by atomic mass is 10.0. The zero-order chi connectivity index (χ0) is 59.4. The van der Waals surface area contributed by atoms with Crippen LogP contribution in [0.3, 0.4) is 0 Å². The van der Waals surface area contributed by atoms with Crippen LogP contribution >= 0.6 is 15.6 Å². The highest BCUT2D eigenvalue weighted by molar-refractivity contribution is 7.47. The van der Waals surface area contributed by atoms with Gasteiger partial charge in [0.05, 0.1) is 26.4 Å². The molecular weight excluding hydrogens is 1070 g/mol. The van der Waals surface area contributed by atoms with Crippen molar-refractivity contribution in [1.29, 1.82) is 0 Å². The van der Waals surface area contributed by atoms with Crippen LogP contribution in [-0.4, -0.2) is 96.7 Å². The summed E-state index contributed by atoms with van der Waals surface area (Å²) in [5.41, 5.74) is 0. The minimum atomic E-state index is -4.94. The maximum atomic E-state index is 12.9. The van der Waals surface area contributed by atoms with Crippen molar-refractivity contribution in [1.82, 2.24) is 0 Å². The number of ether oxygens (including phenoxy) is 4. The zero-order valence-corrected chi connectivity index (χ0v) is 53.2. The summed E-state index contributed by atoms with van der Waals surface area (Å²) < 4.78 is 67.6. The lowest BCUT2D eigenvalue weighted by molar-refractivity contribution is -0.161. The van der Waals surface area contributed by atoms with Gasteiger partial charge in [0.25, 0.3) is 0 Å². The molecular formula is C61H118O17P2. The summed E-state index contributed by atoms with van der Waals surface area (Å²) in [5.74, 6) is -0.674. The molecule has 80 heavy (non-hydrogen) atoms. The zero-order valence-electron chi connectivity index (χ0n) is 51.4. The van der Waals surface area contributed by atoms with E-state index in [0.29, 0.717) is 31.6 Å². The summed E-state index contributed by atoms with van der Waals surface area (Å²) in [4.78, 5) is 71.8. The lowest BCUT2D eigenvalue weighted by Crippen LogP contribution is -2.30. The molecule has 0 rings (SSSR count). The number of carbonyl (C=O) groups is 4. The van der Waals surface area contributed by atoms with Gasteiger partial charge in [0.1, 0.15) is 19.3 Å². The molecule has 0 fully saturated rings. The first kappa shape index (κ1) is 78.1. The van der Waals surface area contributed by atoms with Crippen LogP contribution in [-0.2, 0) is 65.4 Å². The second-order valence-electron chi connectivity index (χ2n) is 23.0. The normalized spacial score (nSPS) is 14.4. The Bertz CT molecular complexity index is 1580. The molecule has 0 aromatic carbocycles. The molecule has 3 N–H and O–H groups in total. The molecule has 474 valence electrons. The number of unbranched alkanes of at least 4 members (excludes halogenated alkanes) is 30. The molecule has 2 unspecified atom stereocenters. The van der Waals surface area contributed by atoms with Gasteiger partial charge in [-0.2, -0.15) is 0 Å². The predicted octanol–water partition coefficient (Wildman–Crippen LogP) is 16.5. The molecule has 0 saturated heterocycles. The van der Waals surface area contributed by atoms with Crippen molar-refractivity contribution >= 4 is 39.5 Å². The van der Waals surface area contributed by atoms with Crippen molar-refractivity contribution in [3.8, 4) is 0 Å². The van der Waals surface area contributed by atoms with Gasteiger partial charge in [0.2, 0.25) is 0 Å². The molecule has 0 aromatic heterocycles. The van der Waals surface area contributed by atoms with Gasteiger partial charge in [-0.3, -0.25) is 37.3 Å². The highest BCUT2D eigenvalue weighted by Gasteiger charge is 2.30. The number of hydrogen-bond acceptors (Lipinski definition) is 15. The lowest BCUT2D eigenvalue weighted by Gasteiger charge is -2.21.